The number of aliphatic hydroxyl groups is 2. The van der Waals surface area contributed by atoms with Crippen LogP contribution in [0.2, 0.25) is 0 Å². The van der Waals surface area contributed by atoms with E-state index >= 15 is 0 Å². The van der Waals surface area contributed by atoms with Crippen LogP contribution in [0.15, 0.2) is 11.6 Å². The molecular weight excluding hydrogens is 395 g/mol. The van der Waals surface area contributed by atoms with E-state index in [9.17, 15) is 44.6 Å². The normalized spacial score (nSPS) is 15.3. The lowest BCUT2D eigenvalue weighted by molar-refractivity contribution is -0.395. The molecule has 11 heteroatoms. The summed E-state index contributed by atoms with van der Waals surface area (Å²) in [5.41, 5.74) is -0.990. The Morgan fingerprint density at radius 3 is 1.96 bits per heavy atom. The zero-order chi connectivity index (χ0) is 21.5. The Kier molecular flexibility index (Phi) is 9.18. The van der Waals surface area contributed by atoms with Crippen LogP contribution in [0.5, 0.6) is 0 Å². The summed E-state index contributed by atoms with van der Waals surface area (Å²) in [5, 5.41) is 18.2. The van der Waals surface area contributed by atoms with Crippen LogP contribution in [0.3, 0.4) is 0 Å². The van der Waals surface area contributed by atoms with Crippen LogP contribution in [0.25, 0.3) is 0 Å². The molecule has 158 valence electrons. The van der Waals surface area contributed by atoms with Crippen molar-refractivity contribution in [1.29, 1.82) is 0 Å². The zero-order valence-corrected chi connectivity index (χ0v) is 14.2. The van der Waals surface area contributed by atoms with E-state index in [2.05, 4.69) is 0 Å². The van der Waals surface area contributed by atoms with Crippen molar-refractivity contribution in [3.8, 4) is 11.8 Å². The first kappa shape index (κ1) is 25.6. The van der Waals surface area contributed by atoms with Crippen molar-refractivity contribution >= 4 is 0 Å². The molecular formula is C16H19F9O2. The summed E-state index contributed by atoms with van der Waals surface area (Å²) in [6, 6.07) is 0. The van der Waals surface area contributed by atoms with Crippen LogP contribution in [-0.4, -0.2) is 46.9 Å². The third-order valence-corrected chi connectivity index (χ3v) is 3.45. The van der Waals surface area contributed by atoms with E-state index < -0.39 is 48.6 Å². The van der Waals surface area contributed by atoms with Gasteiger partial charge in [-0.2, -0.15) is 39.5 Å². The second kappa shape index (κ2) is 9.68. The van der Waals surface area contributed by atoms with E-state index in [4.69, 9.17) is 5.11 Å². The quantitative estimate of drug-likeness (QED) is 0.326. The summed E-state index contributed by atoms with van der Waals surface area (Å²) < 4.78 is 116. The van der Waals surface area contributed by atoms with Gasteiger partial charge < -0.3 is 10.2 Å². The molecule has 0 spiro atoms. The van der Waals surface area contributed by atoms with E-state index in [1.54, 1.807) is 11.8 Å². The van der Waals surface area contributed by atoms with Crippen LogP contribution in [-0.2, 0) is 0 Å². The Morgan fingerprint density at radius 2 is 1.52 bits per heavy atom. The van der Waals surface area contributed by atoms with Crippen molar-refractivity contribution < 1.29 is 49.7 Å². The maximum atomic E-state index is 13.7. The molecule has 0 rings (SSSR count). The predicted octanol–water partition coefficient (Wildman–Crippen LogP) is 4.71. The fraction of sp³-hybridized carbons (Fsp3) is 0.750. The Balaban J connectivity index is 5.68. The fourth-order valence-electron chi connectivity index (χ4n) is 1.97. The molecule has 0 aliphatic heterocycles. The van der Waals surface area contributed by atoms with Gasteiger partial charge >= 0.3 is 23.9 Å². The number of unbranched alkanes of at least 4 members (excludes halogenated alkanes) is 2. The number of allylic oxidation sites excluding steroid dienone is 1. The number of hydrogen-bond acceptors (Lipinski definition) is 2. The number of halogens is 9. The van der Waals surface area contributed by atoms with Gasteiger partial charge in [0.25, 0.3) is 0 Å². The number of aliphatic hydroxyl groups excluding tert-OH is 2. The average molecular weight is 414 g/mol. The maximum Gasteiger partial charge on any atom is 0.460 e. The minimum atomic E-state index is -6.99. The molecule has 0 aromatic carbocycles. The van der Waals surface area contributed by atoms with Crippen LogP contribution in [0, 0.1) is 11.8 Å². The van der Waals surface area contributed by atoms with Crippen LogP contribution in [0.4, 0.5) is 39.5 Å². The molecule has 1 unspecified atom stereocenters. The molecule has 0 saturated carbocycles. The van der Waals surface area contributed by atoms with Crippen molar-refractivity contribution in [2.45, 2.75) is 69.1 Å². The molecule has 0 saturated heterocycles. The monoisotopic (exact) mass is 414 g/mol. The third-order valence-electron chi connectivity index (χ3n) is 3.45. The van der Waals surface area contributed by atoms with Crippen LogP contribution >= 0.6 is 0 Å². The molecule has 2 N–H and O–H groups in total. The van der Waals surface area contributed by atoms with Gasteiger partial charge in [-0.05, 0) is 12.5 Å². The topological polar surface area (TPSA) is 40.5 Å². The number of rotatable bonds is 9. The molecule has 0 aromatic rings. The number of alkyl halides is 9. The molecule has 0 amide bonds. The number of hydrogen-bond donors (Lipinski definition) is 2. The summed E-state index contributed by atoms with van der Waals surface area (Å²) in [4.78, 5) is 0. The lowest BCUT2D eigenvalue weighted by Gasteiger charge is -2.33. The zero-order valence-electron chi connectivity index (χ0n) is 14.2. The Bertz CT molecular complexity index is 556. The minimum absolute atomic E-state index is 0.0127. The largest absolute Gasteiger partial charge is 0.460 e. The first-order valence-electron chi connectivity index (χ1n) is 7.82. The second-order valence-corrected chi connectivity index (χ2v) is 5.74. The predicted molar refractivity (Wildman–Crippen MR) is 78.6 cm³/mol. The summed E-state index contributed by atoms with van der Waals surface area (Å²) in [6.45, 7) is 0.910. The Morgan fingerprint density at radius 1 is 0.963 bits per heavy atom. The van der Waals surface area contributed by atoms with E-state index in [0.29, 0.717) is 18.9 Å². The van der Waals surface area contributed by atoms with Crippen LogP contribution in [0.1, 0.15) is 39.0 Å². The van der Waals surface area contributed by atoms with E-state index in [-0.39, 0.29) is 6.42 Å². The highest BCUT2D eigenvalue weighted by Crippen LogP contribution is 2.54. The van der Waals surface area contributed by atoms with Gasteiger partial charge in [0.1, 0.15) is 6.61 Å². The van der Waals surface area contributed by atoms with Crippen molar-refractivity contribution in [3.05, 3.63) is 11.6 Å². The van der Waals surface area contributed by atoms with Gasteiger partial charge in [0.15, 0.2) is 0 Å². The van der Waals surface area contributed by atoms with E-state index in [1.165, 1.54) is 0 Å². The van der Waals surface area contributed by atoms with Gasteiger partial charge in [-0.25, -0.2) is 0 Å². The van der Waals surface area contributed by atoms with Gasteiger partial charge in [0.05, 0.1) is 12.5 Å². The first-order chi connectivity index (χ1) is 12.1. The van der Waals surface area contributed by atoms with Crippen molar-refractivity contribution in [1.82, 2.24) is 0 Å². The van der Waals surface area contributed by atoms with Gasteiger partial charge in [-0.15, -0.1) is 0 Å². The molecule has 0 heterocycles. The van der Waals surface area contributed by atoms with E-state index in [0.717, 1.165) is 6.42 Å². The first-order valence-corrected chi connectivity index (χ1v) is 7.82. The molecule has 27 heavy (non-hydrogen) atoms. The molecule has 0 radical (unpaired) electrons. The molecule has 2 nitrogen and oxygen atoms in total. The van der Waals surface area contributed by atoms with E-state index in [1.807, 2.05) is 6.92 Å². The average Bonchev–Trinajstić information content (AvgIpc) is 2.51. The Labute approximate surface area is 150 Å². The molecule has 0 aliphatic carbocycles. The highest BCUT2D eigenvalue weighted by molar-refractivity contribution is 5.31. The summed E-state index contributed by atoms with van der Waals surface area (Å²) in [6.07, 6.45) is -8.23. The second-order valence-electron chi connectivity index (χ2n) is 5.74. The Hall–Kier alpha value is -1.41. The van der Waals surface area contributed by atoms with Crippen molar-refractivity contribution in [3.63, 3.8) is 0 Å². The molecule has 0 bridgehead atoms. The lowest BCUT2D eigenvalue weighted by Crippen LogP contribution is -2.60. The standard InChI is InChI=1S/C16H19F9O2/c1-2-3-4-7-12(27)9-11(6-5-8-26)10-13(17,18)14(19,20)15(21,22)16(23,24)25/h9,12,26-27H,2-4,7-8,10H2,1H3/b11-9-. The SMILES string of the molecule is CCCCCC(O)/C=C(/C#CCO)CC(F)(F)C(F)(F)C(F)(F)C(F)(F)F. The smallest absolute Gasteiger partial charge is 0.389 e. The summed E-state index contributed by atoms with van der Waals surface area (Å²) in [5.74, 6) is -16.0. The van der Waals surface area contributed by atoms with Crippen molar-refractivity contribution in [2.75, 3.05) is 6.61 Å². The van der Waals surface area contributed by atoms with Crippen LogP contribution < -0.4 is 0 Å². The van der Waals surface area contributed by atoms with Gasteiger partial charge in [0, 0.05) is 5.57 Å². The van der Waals surface area contributed by atoms with Crippen molar-refractivity contribution in [2.24, 2.45) is 0 Å². The van der Waals surface area contributed by atoms with Gasteiger partial charge in [-0.3, -0.25) is 0 Å². The molecule has 0 aliphatic rings. The third kappa shape index (κ3) is 6.60. The molecule has 1 atom stereocenters. The fourth-order valence-corrected chi connectivity index (χ4v) is 1.97. The minimum Gasteiger partial charge on any atom is -0.389 e. The van der Waals surface area contributed by atoms with Gasteiger partial charge in [-0.1, -0.05) is 38.0 Å². The van der Waals surface area contributed by atoms with Gasteiger partial charge in [0.2, 0.25) is 0 Å². The maximum absolute atomic E-state index is 13.7. The summed E-state index contributed by atoms with van der Waals surface area (Å²) >= 11 is 0. The molecule has 0 fully saturated rings. The molecule has 0 aromatic heterocycles. The highest BCUT2D eigenvalue weighted by Gasteiger charge is 2.81. The highest BCUT2D eigenvalue weighted by atomic mass is 19.4. The summed E-state index contributed by atoms with van der Waals surface area (Å²) in [7, 11) is 0. The lowest BCUT2D eigenvalue weighted by atomic mass is 9.95.